The van der Waals surface area contributed by atoms with Crippen molar-refractivity contribution in [1.29, 1.82) is 0 Å². The highest BCUT2D eigenvalue weighted by Crippen LogP contribution is 2.21. The molecule has 1 atom stereocenters. The van der Waals surface area contributed by atoms with Gasteiger partial charge in [0.15, 0.2) is 0 Å². The van der Waals surface area contributed by atoms with E-state index in [1.54, 1.807) is 5.57 Å². The summed E-state index contributed by atoms with van der Waals surface area (Å²) in [6.45, 7) is 6.53. The molecule has 88 valence electrons. The van der Waals surface area contributed by atoms with Gasteiger partial charge in [-0.25, -0.2) is 0 Å². The third-order valence-corrected chi connectivity index (χ3v) is 3.54. The Kier molecular flexibility index (Phi) is 5.34. The molecule has 0 aromatic carbocycles. The SMILES string of the molecule is CCC(C)(CO)CNCCC1=CCCC1. The van der Waals surface area contributed by atoms with Crippen LogP contribution in [-0.4, -0.2) is 24.8 Å². The molecular formula is C13H25NO. The normalized spacial score (nSPS) is 20.1. The third kappa shape index (κ3) is 4.35. The Balaban J connectivity index is 2.10. The van der Waals surface area contributed by atoms with E-state index in [1.165, 1.54) is 25.7 Å². The van der Waals surface area contributed by atoms with Crippen LogP contribution < -0.4 is 5.32 Å². The van der Waals surface area contributed by atoms with Crippen LogP contribution in [0.3, 0.4) is 0 Å². The van der Waals surface area contributed by atoms with Gasteiger partial charge in [0.25, 0.3) is 0 Å². The van der Waals surface area contributed by atoms with E-state index in [0.29, 0.717) is 0 Å². The summed E-state index contributed by atoms with van der Waals surface area (Å²) in [4.78, 5) is 0. The highest BCUT2D eigenvalue weighted by atomic mass is 16.3. The molecule has 1 aliphatic rings. The van der Waals surface area contributed by atoms with Gasteiger partial charge in [-0.15, -0.1) is 0 Å². The Hall–Kier alpha value is -0.340. The van der Waals surface area contributed by atoms with Crippen molar-refractivity contribution >= 4 is 0 Å². The molecule has 0 aliphatic heterocycles. The summed E-state index contributed by atoms with van der Waals surface area (Å²) in [5.74, 6) is 0. The summed E-state index contributed by atoms with van der Waals surface area (Å²) in [7, 11) is 0. The zero-order valence-corrected chi connectivity index (χ0v) is 10.2. The molecule has 0 saturated carbocycles. The van der Waals surface area contributed by atoms with E-state index in [-0.39, 0.29) is 12.0 Å². The van der Waals surface area contributed by atoms with E-state index >= 15 is 0 Å². The molecule has 2 heteroatoms. The van der Waals surface area contributed by atoms with Crippen LogP contribution in [0.2, 0.25) is 0 Å². The Bertz CT molecular complexity index is 207. The van der Waals surface area contributed by atoms with E-state index in [4.69, 9.17) is 0 Å². The molecule has 1 aliphatic carbocycles. The molecule has 0 radical (unpaired) electrons. The third-order valence-electron chi connectivity index (χ3n) is 3.54. The first-order valence-corrected chi connectivity index (χ1v) is 6.20. The second-order valence-corrected chi connectivity index (χ2v) is 5.00. The highest BCUT2D eigenvalue weighted by molar-refractivity contribution is 5.07. The van der Waals surface area contributed by atoms with Crippen LogP contribution in [0.15, 0.2) is 11.6 Å². The monoisotopic (exact) mass is 211 g/mol. The Morgan fingerprint density at radius 2 is 2.33 bits per heavy atom. The molecule has 2 N–H and O–H groups in total. The highest BCUT2D eigenvalue weighted by Gasteiger charge is 2.19. The minimum atomic E-state index is 0.0596. The van der Waals surface area contributed by atoms with E-state index in [1.807, 2.05) is 0 Å². The molecule has 0 heterocycles. The van der Waals surface area contributed by atoms with E-state index in [2.05, 4.69) is 25.2 Å². The maximum Gasteiger partial charge on any atom is 0.0496 e. The van der Waals surface area contributed by atoms with Crippen molar-refractivity contribution in [1.82, 2.24) is 5.32 Å². The molecule has 0 aromatic rings. The van der Waals surface area contributed by atoms with Gasteiger partial charge in [-0.05, 0) is 38.6 Å². The fourth-order valence-corrected chi connectivity index (χ4v) is 1.90. The zero-order valence-electron chi connectivity index (χ0n) is 10.2. The fraction of sp³-hybridized carbons (Fsp3) is 0.846. The summed E-state index contributed by atoms with van der Waals surface area (Å²) in [5, 5.41) is 12.7. The second kappa shape index (κ2) is 6.29. The van der Waals surface area contributed by atoms with Crippen LogP contribution >= 0.6 is 0 Å². The van der Waals surface area contributed by atoms with Gasteiger partial charge >= 0.3 is 0 Å². The summed E-state index contributed by atoms with van der Waals surface area (Å²) >= 11 is 0. The number of hydrogen-bond donors (Lipinski definition) is 2. The maximum absolute atomic E-state index is 9.24. The van der Waals surface area contributed by atoms with Crippen molar-refractivity contribution in [3.63, 3.8) is 0 Å². The quantitative estimate of drug-likeness (QED) is 0.501. The van der Waals surface area contributed by atoms with Gasteiger partial charge in [0.1, 0.15) is 0 Å². The van der Waals surface area contributed by atoms with Gasteiger partial charge in [-0.3, -0.25) is 0 Å². The summed E-state index contributed by atoms with van der Waals surface area (Å²) < 4.78 is 0. The molecule has 0 spiro atoms. The molecule has 0 saturated heterocycles. The lowest BCUT2D eigenvalue weighted by atomic mass is 9.88. The summed E-state index contributed by atoms with van der Waals surface area (Å²) in [5.41, 5.74) is 1.68. The van der Waals surface area contributed by atoms with Crippen molar-refractivity contribution in [2.45, 2.75) is 46.0 Å². The van der Waals surface area contributed by atoms with Gasteiger partial charge in [-0.2, -0.15) is 0 Å². The molecular weight excluding hydrogens is 186 g/mol. The first-order chi connectivity index (χ1) is 7.20. The first-order valence-electron chi connectivity index (χ1n) is 6.20. The number of rotatable bonds is 7. The Morgan fingerprint density at radius 3 is 2.87 bits per heavy atom. The van der Waals surface area contributed by atoms with E-state index < -0.39 is 0 Å². The van der Waals surface area contributed by atoms with Gasteiger partial charge in [0.05, 0.1) is 0 Å². The number of aliphatic hydroxyl groups excluding tert-OH is 1. The molecule has 2 nitrogen and oxygen atoms in total. The minimum absolute atomic E-state index is 0.0596. The van der Waals surface area contributed by atoms with E-state index in [0.717, 1.165) is 19.5 Å². The van der Waals surface area contributed by atoms with Crippen LogP contribution in [0.5, 0.6) is 0 Å². The molecule has 1 rings (SSSR count). The van der Waals surface area contributed by atoms with Crippen LogP contribution in [0.25, 0.3) is 0 Å². The maximum atomic E-state index is 9.24. The minimum Gasteiger partial charge on any atom is -0.396 e. The van der Waals surface area contributed by atoms with Crippen molar-refractivity contribution in [3.05, 3.63) is 11.6 Å². The average molecular weight is 211 g/mol. The number of nitrogens with one attached hydrogen (secondary N) is 1. The topological polar surface area (TPSA) is 32.3 Å². The number of hydrogen-bond acceptors (Lipinski definition) is 2. The first kappa shape index (κ1) is 12.7. The molecule has 0 bridgehead atoms. The van der Waals surface area contributed by atoms with Crippen LogP contribution in [-0.2, 0) is 0 Å². The molecule has 0 amide bonds. The lowest BCUT2D eigenvalue weighted by Gasteiger charge is -2.25. The fourth-order valence-electron chi connectivity index (χ4n) is 1.90. The van der Waals surface area contributed by atoms with Gasteiger partial charge in [0.2, 0.25) is 0 Å². The lowest BCUT2D eigenvalue weighted by molar-refractivity contribution is 0.136. The van der Waals surface area contributed by atoms with Gasteiger partial charge in [0, 0.05) is 18.6 Å². The van der Waals surface area contributed by atoms with Gasteiger partial charge < -0.3 is 10.4 Å². The standard InChI is InChI=1S/C13H25NO/c1-3-13(2,11-15)10-14-9-8-12-6-4-5-7-12/h6,14-15H,3-5,7-11H2,1-2H3. The molecule has 0 aromatic heterocycles. The lowest BCUT2D eigenvalue weighted by Crippen LogP contribution is -2.34. The Labute approximate surface area is 93.8 Å². The molecule has 1 unspecified atom stereocenters. The number of allylic oxidation sites excluding steroid dienone is 1. The number of aliphatic hydroxyl groups is 1. The second-order valence-electron chi connectivity index (χ2n) is 5.00. The largest absolute Gasteiger partial charge is 0.396 e. The van der Waals surface area contributed by atoms with Crippen molar-refractivity contribution in [3.8, 4) is 0 Å². The van der Waals surface area contributed by atoms with Crippen LogP contribution in [0.4, 0.5) is 0 Å². The molecule has 15 heavy (non-hydrogen) atoms. The van der Waals surface area contributed by atoms with Crippen molar-refractivity contribution in [2.75, 3.05) is 19.7 Å². The van der Waals surface area contributed by atoms with Crippen LogP contribution in [0.1, 0.15) is 46.0 Å². The summed E-state index contributed by atoms with van der Waals surface area (Å²) in [6.07, 6.45) is 8.52. The van der Waals surface area contributed by atoms with Crippen molar-refractivity contribution in [2.24, 2.45) is 5.41 Å². The predicted molar refractivity (Wildman–Crippen MR) is 64.9 cm³/mol. The zero-order chi connectivity index (χ0) is 11.1. The summed E-state index contributed by atoms with van der Waals surface area (Å²) in [6, 6.07) is 0. The Morgan fingerprint density at radius 1 is 1.53 bits per heavy atom. The smallest absolute Gasteiger partial charge is 0.0496 e. The molecule has 0 fully saturated rings. The van der Waals surface area contributed by atoms with Crippen molar-refractivity contribution < 1.29 is 5.11 Å². The average Bonchev–Trinajstić information content (AvgIpc) is 2.77. The van der Waals surface area contributed by atoms with E-state index in [9.17, 15) is 5.11 Å². The van der Waals surface area contributed by atoms with Crippen LogP contribution in [0, 0.1) is 5.41 Å². The predicted octanol–water partition coefficient (Wildman–Crippen LogP) is 2.49. The van der Waals surface area contributed by atoms with Gasteiger partial charge in [-0.1, -0.05) is 25.5 Å².